The van der Waals surface area contributed by atoms with Crippen molar-refractivity contribution < 1.29 is 9.53 Å². The Balaban J connectivity index is 1.83. The number of carbonyl (C=O) groups excluding carboxylic acids is 1. The van der Waals surface area contributed by atoms with Gasteiger partial charge in [-0.2, -0.15) is 0 Å². The number of imidazole rings is 1. The van der Waals surface area contributed by atoms with Gasteiger partial charge in [0, 0.05) is 31.2 Å². The van der Waals surface area contributed by atoms with Gasteiger partial charge in [-0.3, -0.25) is 9.69 Å². The van der Waals surface area contributed by atoms with E-state index in [1.165, 1.54) is 0 Å². The van der Waals surface area contributed by atoms with Gasteiger partial charge in [-0.25, -0.2) is 4.98 Å². The molecule has 0 unspecified atom stereocenters. The zero-order chi connectivity index (χ0) is 18.5. The van der Waals surface area contributed by atoms with Gasteiger partial charge >= 0.3 is 0 Å². The fourth-order valence-corrected chi connectivity index (χ4v) is 3.43. The lowest BCUT2D eigenvalue weighted by molar-refractivity contribution is -0.116. The molecule has 1 aromatic carbocycles. The van der Waals surface area contributed by atoms with E-state index >= 15 is 0 Å². The zero-order valence-corrected chi connectivity index (χ0v) is 16.1. The number of hydrogen-bond acceptors (Lipinski definition) is 4. The van der Waals surface area contributed by atoms with Crippen LogP contribution in [-0.2, 0) is 16.1 Å². The molecular weight excluding hydrogens is 328 g/mol. The summed E-state index contributed by atoms with van der Waals surface area (Å²) in [6.07, 6.45) is 2.51. The highest BCUT2D eigenvalue weighted by molar-refractivity contribution is 5.93. The van der Waals surface area contributed by atoms with Crippen LogP contribution in [0, 0.1) is 0 Å². The minimum absolute atomic E-state index is 0.0723. The number of fused-ring (bicyclic) bond motifs is 1. The van der Waals surface area contributed by atoms with Gasteiger partial charge in [-0.05, 0) is 38.5 Å². The van der Waals surface area contributed by atoms with Gasteiger partial charge in [-0.1, -0.05) is 13.3 Å². The Hall–Kier alpha value is -1.92. The Morgan fingerprint density at radius 2 is 2.08 bits per heavy atom. The molecule has 1 aliphatic rings. The molecule has 1 saturated heterocycles. The smallest absolute Gasteiger partial charge is 0.224 e. The first kappa shape index (κ1) is 18.9. The van der Waals surface area contributed by atoms with Crippen molar-refractivity contribution in [3.63, 3.8) is 0 Å². The number of ether oxygens (including phenoxy) is 1. The second-order valence-electron chi connectivity index (χ2n) is 7.24. The monoisotopic (exact) mass is 358 g/mol. The molecule has 0 atom stereocenters. The number of rotatable bonds is 7. The van der Waals surface area contributed by atoms with Crippen molar-refractivity contribution in [2.45, 2.75) is 52.6 Å². The zero-order valence-electron chi connectivity index (χ0n) is 16.1. The van der Waals surface area contributed by atoms with Crippen LogP contribution in [0.4, 0.5) is 5.69 Å². The van der Waals surface area contributed by atoms with Crippen LogP contribution in [0.25, 0.3) is 11.0 Å². The quantitative estimate of drug-likeness (QED) is 0.822. The highest BCUT2D eigenvalue weighted by Gasteiger charge is 2.18. The number of anilines is 1. The number of nitrogens with zero attached hydrogens (tertiary/aromatic N) is 3. The van der Waals surface area contributed by atoms with Gasteiger partial charge in [0.15, 0.2) is 0 Å². The lowest BCUT2D eigenvalue weighted by Crippen LogP contribution is -2.36. The third-order valence-electron chi connectivity index (χ3n) is 4.79. The lowest BCUT2D eigenvalue weighted by Gasteiger charge is -2.27. The van der Waals surface area contributed by atoms with E-state index < -0.39 is 0 Å². The van der Waals surface area contributed by atoms with Crippen LogP contribution in [-0.4, -0.2) is 46.7 Å². The van der Waals surface area contributed by atoms with E-state index in [1.54, 1.807) is 0 Å². The summed E-state index contributed by atoms with van der Waals surface area (Å²) in [5, 5.41) is 2.99. The summed E-state index contributed by atoms with van der Waals surface area (Å²) in [6.45, 7) is 10.8. The van der Waals surface area contributed by atoms with E-state index in [1.807, 2.05) is 12.1 Å². The molecule has 1 amide bonds. The third kappa shape index (κ3) is 4.43. The molecule has 1 fully saturated rings. The normalized spacial score (nSPS) is 15.7. The predicted octanol–water partition coefficient (Wildman–Crippen LogP) is 3.58. The number of carbonyl (C=O) groups is 1. The van der Waals surface area contributed by atoms with Gasteiger partial charge in [0.1, 0.15) is 5.82 Å². The van der Waals surface area contributed by atoms with Crippen molar-refractivity contribution in [2.75, 3.05) is 31.6 Å². The van der Waals surface area contributed by atoms with Crippen LogP contribution in [0.5, 0.6) is 0 Å². The van der Waals surface area contributed by atoms with E-state index in [0.29, 0.717) is 12.5 Å². The molecule has 0 saturated carbocycles. The number of benzene rings is 1. The Bertz CT molecular complexity index is 748. The minimum Gasteiger partial charge on any atom is -0.379 e. The fourth-order valence-electron chi connectivity index (χ4n) is 3.43. The molecule has 26 heavy (non-hydrogen) atoms. The van der Waals surface area contributed by atoms with E-state index in [9.17, 15) is 4.79 Å². The molecule has 0 radical (unpaired) electrons. The Morgan fingerprint density at radius 3 is 2.77 bits per heavy atom. The summed E-state index contributed by atoms with van der Waals surface area (Å²) in [5.41, 5.74) is 2.88. The van der Waals surface area contributed by atoms with Crippen LogP contribution in [0.3, 0.4) is 0 Å². The summed E-state index contributed by atoms with van der Waals surface area (Å²) in [6, 6.07) is 6.37. The van der Waals surface area contributed by atoms with Crippen molar-refractivity contribution in [1.29, 1.82) is 0 Å². The van der Waals surface area contributed by atoms with Crippen LogP contribution in [0.2, 0.25) is 0 Å². The minimum atomic E-state index is 0.0723. The van der Waals surface area contributed by atoms with E-state index in [4.69, 9.17) is 9.72 Å². The number of aromatic nitrogens is 2. The van der Waals surface area contributed by atoms with Gasteiger partial charge in [-0.15, -0.1) is 0 Å². The van der Waals surface area contributed by atoms with Crippen molar-refractivity contribution >= 4 is 22.6 Å². The second kappa shape index (κ2) is 8.64. The second-order valence-corrected chi connectivity index (χ2v) is 7.24. The molecule has 6 heteroatoms. The predicted molar refractivity (Wildman–Crippen MR) is 104 cm³/mol. The summed E-state index contributed by atoms with van der Waals surface area (Å²) >= 11 is 0. The number of morpholine rings is 1. The fraction of sp³-hybridized carbons (Fsp3) is 0.600. The molecule has 3 rings (SSSR count). The van der Waals surface area contributed by atoms with Crippen LogP contribution in [0.1, 0.15) is 51.9 Å². The Labute approximate surface area is 155 Å². The summed E-state index contributed by atoms with van der Waals surface area (Å²) in [5.74, 6) is 1.15. The number of amides is 1. The van der Waals surface area contributed by atoms with Crippen LogP contribution >= 0.6 is 0 Å². The molecule has 1 N–H and O–H groups in total. The van der Waals surface area contributed by atoms with E-state index in [0.717, 1.165) is 68.2 Å². The highest BCUT2D eigenvalue weighted by Crippen LogP contribution is 2.25. The summed E-state index contributed by atoms with van der Waals surface area (Å²) < 4.78 is 7.74. The van der Waals surface area contributed by atoms with Gasteiger partial charge in [0.25, 0.3) is 0 Å². The lowest BCUT2D eigenvalue weighted by atomic mass is 10.2. The third-order valence-corrected chi connectivity index (χ3v) is 4.79. The molecule has 2 heterocycles. The van der Waals surface area contributed by atoms with Gasteiger partial charge in [0.2, 0.25) is 5.91 Å². The average molecular weight is 358 g/mol. The number of hydrogen-bond donors (Lipinski definition) is 1. The van der Waals surface area contributed by atoms with Crippen molar-refractivity contribution in [2.24, 2.45) is 0 Å². The van der Waals surface area contributed by atoms with Crippen molar-refractivity contribution in [1.82, 2.24) is 14.5 Å². The van der Waals surface area contributed by atoms with Crippen LogP contribution in [0.15, 0.2) is 18.2 Å². The maximum atomic E-state index is 12.0. The number of nitrogens with one attached hydrogen (secondary N) is 1. The first-order chi connectivity index (χ1) is 12.6. The molecular formula is C20H30N4O2. The molecule has 0 spiro atoms. The molecule has 142 valence electrons. The number of unbranched alkanes of at least 4 members (excludes halogenated alkanes) is 1. The van der Waals surface area contributed by atoms with E-state index in [2.05, 4.69) is 41.6 Å². The van der Waals surface area contributed by atoms with Crippen molar-refractivity contribution in [3.8, 4) is 0 Å². The summed E-state index contributed by atoms with van der Waals surface area (Å²) in [7, 11) is 0. The maximum Gasteiger partial charge on any atom is 0.224 e. The topological polar surface area (TPSA) is 59.4 Å². The first-order valence-electron chi connectivity index (χ1n) is 9.69. The molecule has 1 aliphatic heterocycles. The molecule has 6 nitrogen and oxygen atoms in total. The van der Waals surface area contributed by atoms with E-state index in [-0.39, 0.29) is 5.91 Å². The molecule has 2 aromatic rings. The Morgan fingerprint density at radius 1 is 1.31 bits per heavy atom. The van der Waals surface area contributed by atoms with Gasteiger partial charge in [0.05, 0.1) is 30.8 Å². The SMILES string of the molecule is CCCCC(=O)Nc1ccc2c(c1)nc(CN1CCOCC1)n2C(C)C. The molecule has 1 aromatic heterocycles. The van der Waals surface area contributed by atoms with Gasteiger partial charge < -0.3 is 14.6 Å². The maximum absolute atomic E-state index is 12.0. The van der Waals surface area contributed by atoms with Crippen molar-refractivity contribution in [3.05, 3.63) is 24.0 Å². The Kier molecular flexibility index (Phi) is 6.27. The average Bonchev–Trinajstić information content (AvgIpc) is 2.98. The summed E-state index contributed by atoms with van der Waals surface area (Å²) in [4.78, 5) is 19.3. The first-order valence-corrected chi connectivity index (χ1v) is 9.69. The standard InChI is InChI=1S/C20H30N4O2/c1-4-5-6-20(25)21-16-7-8-18-17(13-16)22-19(24(18)15(2)3)14-23-9-11-26-12-10-23/h7-8,13,15H,4-6,9-12,14H2,1-3H3,(H,21,25). The van der Waals surface area contributed by atoms with Crippen LogP contribution < -0.4 is 5.32 Å². The molecule has 0 bridgehead atoms. The highest BCUT2D eigenvalue weighted by atomic mass is 16.5. The molecule has 0 aliphatic carbocycles. The largest absolute Gasteiger partial charge is 0.379 e.